The molecule has 2 heterocycles. The molecular weight excluding hydrogens is 188 g/mol. The van der Waals surface area contributed by atoms with Gasteiger partial charge in [-0.25, -0.2) is 0 Å². The molecule has 2 unspecified atom stereocenters. The van der Waals surface area contributed by atoms with Crippen LogP contribution in [0, 0.1) is 0 Å². The van der Waals surface area contributed by atoms with E-state index < -0.39 is 0 Å². The number of hydrogen-bond acceptors (Lipinski definition) is 3. The molecule has 15 heavy (non-hydrogen) atoms. The van der Waals surface area contributed by atoms with Crippen molar-refractivity contribution in [2.24, 2.45) is 0 Å². The summed E-state index contributed by atoms with van der Waals surface area (Å²) >= 11 is 0. The fourth-order valence-electron chi connectivity index (χ4n) is 2.28. The first-order valence-electron chi connectivity index (χ1n) is 5.73. The van der Waals surface area contributed by atoms with E-state index in [1.807, 2.05) is 12.1 Å². The van der Waals surface area contributed by atoms with E-state index in [1.165, 1.54) is 19.4 Å². The molecule has 0 aliphatic carbocycles. The lowest BCUT2D eigenvalue weighted by Gasteiger charge is -2.31. The van der Waals surface area contributed by atoms with Crippen LogP contribution in [-0.4, -0.2) is 31.1 Å². The van der Waals surface area contributed by atoms with Gasteiger partial charge in [0.2, 0.25) is 0 Å². The predicted octanol–water partition coefficient (Wildman–Crippen LogP) is 2.02. The minimum Gasteiger partial charge on any atom is -0.468 e. The van der Waals surface area contributed by atoms with Crippen LogP contribution in [0.2, 0.25) is 0 Å². The zero-order valence-corrected chi connectivity index (χ0v) is 9.57. The van der Waals surface area contributed by atoms with Crippen molar-refractivity contribution in [3.63, 3.8) is 0 Å². The van der Waals surface area contributed by atoms with Crippen LogP contribution in [0.3, 0.4) is 0 Å². The van der Waals surface area contributed by atoms with E-state index in [1.54, 1.807) is 6.26 Å². The quantitative estimate of drug-likeness (QED) is 0.824. The molecule has 0 radical (unpaired) electrons. The van der Waals surface area contributed by atoms with Gasteiger partial charge < -0.3 is 14.6 Å². The smallest absolute Gasteiger partial charge is 0.120 e. The maximum atomic E-state index is 5.39. The summed E-state index contributed by atoms with van der Waals surface area (Å²) in [4.78, 5) is 2.38. The second-order valence-electron chi connectivity index (χ2n) is 4.51. The third kappa shape index (κ3) is 2.83. The van der Waals surface area contributed by atoms with Gasteiger partial charge in [0, 0.05) is 12.6 Å². The second-order valence-corrected chi connectivity index (χ2v) is 4.51. The lowest BCUT2D eigenvalue weighted by Crippen LogP contribution is -2.44. The second kappa shape index (κ2) is 4.81. The Morgan fingerprint density at radius 2 is 2.47 bits per heavy atom. The molecule has 3 heteroatoms. The summed E-state index contributed by atoms with van der Waals surface area (Å²) in [5, 5.41) is 3.62. The number of hydrogen-bond donors (Lipinski definition) is 1. The summed E-state index contributed by atoms with van der Waals surface area (Å²) in [5.74, 6) is 1.03. The van der Waals surface area contributed by atoms with Crippen LogP contribution in [-0.2, 0) is 0 Å². The third-order valence-corrected chi connectivity index (χ3v) is 3.08. The molecule has 0 amide bonds. The van der Waals surface area contributed by atoms with Crippen molar-refractivity contribution < 1.29 is 4.42 Å². The number of likely N-dealkylation sites (tertiary alicyclic amines) is 1. The highest BCUT2D eigenvalue weighted by molar-refractivity contribution is 5.03. The lowest BCUT2D eigenvalue weighted by atomic mass is 10.1. The Morgan fingerprint density at radius 3 is 3.13 bits per heavy atom. The maximum absolute atomic E-state index is 5.39. The fraction of sp³-hybridized carbons (Fsp3) is 0.667. The molecule has 1 aliphatic heterocycles. The van der Waals surface area contributed by atoms with Crippen LogP contribution in [0.25, 0.3) is 0 Å². The summed E-state index contributed by atoms with van der Waals surface area (Å²) in [6.07, 6.45) is 4.30. The molecule has 1 saturated heterocycles. The van der Waals surface area contributed by atoms with Gasteiger partial charge >= 0.3 is 0 Å². The first-order chi connectivity index (χ1) is 7.25. The average molecular weight is 208 g/mol. The van der Waals surface area contributed by atoms with Crippen molar-refractivity contribution in [1.82, 2.24) is 10.2 Å². The van der Waals surface area contributed by atoms with Gasteiger partial charge in [-0.3, -0.25) is 0 Å². The van der Waals surface area contributed by atoms with Gasteiger partial charge in [0.25, 0.3) is 0 Å². The average Bonchev–Trinajstić information content (AvgIpc) is 2.70. The molecule has 1 aliphatic rings. The van der Waals surface area contributed by atoms with Crippen LogP contribution in [0.1, 0.15) is 31.6 Å². The summed E-state index contributed by atoms with van der Waals surface area (Å²) in [6, 6.07) is 4.89. The van der Waals surface area contributed by atoms with E-state index in [0.29, 0.717) is 12.1 Å². The Balaban J connectivity index is 1.86. The van der Waals surface area contributed by atoms with E-state index in [4.69, 9.17) is 4.42 Å². The molecule has 84 valence electrons. The monoisotopic (exact) mass is 208 g/mol. The molecular formula is C12H20N2O. The Labute approximate surface area is 91.4 Å². The predicted molar refractivity (Wildman–Crippen MR) is 60.8 cm³/mol. The van der Waals surface area contributed by atoms with Crippen LogP contribution < -0.4 is 5.32 Å². The van der Waals surface area contributed by atoms with Crippen molar-refractivity contribution in [1.29, 1.82) is 0 Å². The van der Waals surface area contributed by atoms with E-state index in [9.17, 15) is 0 Å². The number of likely N-dealkylation sites (N-methyl/N-ethyl adjacent to an activating group) is 1. The molecule has 1 aromatic rings. The normalized spacial score (nSPS) is 25.3. The number of nitrogens with zero attached hydrogens (tertiary/aromatic N) is 1. The van der Waals surface area contributed by atoms with Crippen molar-refractivity contribution in [2.75, 3.05) is 20.1 Å². The number of piperidine rings is 1. The van der Waals surface area contributed by atoms with Gasteiger partial charge in [-0.15, -0.1) is 0 Å². The van der Waals surface area contributed by atoms with Crippen molar-refractivity contribution in [3.8, 4) is 0 Å². The number of rotatable bonds is 3. The van der Waals surface area contributed by atoms with E-state index in [-0.39, 0.29) is 0 Å². The Kier molecular flexibility index (Phi) is 3.44. The summed E-state index contributed by atoms with van der Waals surface area (Å²) in [5.41, 5.74) is 0. The minimum atomic E-state index is 0.316. The standard InChI is InChI=1S/C12H20N2O/c1-10(12-6-4-8-15-12)13-11-5-3-7-14(2)9-11/h4,6,8,10-11,13H,3,5,7,9H2,1-2H3. The third-order valence-electron chi connectivity index (χ3n) is 3.08. The Hall–Kier alpha value is -0.800. The van der Waals surface area contributed by atoms with Crippen LogP contribution in [0.5, 0.6) is 0 Å². The molecule has 2 rings (SSSR count). The fourth-order valence-corrected chi connectivity index (χ4v) is 2.28. The molecule has 0 saturated carbocycles. The largest absolute Gasteiger partial charge is 0.468 e. The molecule has 0 bridgehead atoms. The van der Waals surface area contributed by atoms with Crippen LogP contribution >= 0.6 is 0 Å². The molecule has 0 aromatic carbocycles. The molecule has 1 N–H and O–H groups in total. The van der Waals surface area contributed by atoms with Gasteiger partial charge in [0.15, 0.2) is 0 Å². The minimum absolute atomic E-state index is 0.316. The SMILES string of the molecule is CC(NC1CCCN(C)C1)c1ccco1. The summed E-state index contributed by atoms with van der Waals surface area (Å²) in [6.45, 7) is 4.53. The van der Waals surface area contributed by atoms with Crippen LogP contribution in [0.15, 0.2) is 22.8 Å². The first kappa shape index (κ1) is 10.7. The summed E-state index contributed by atoms with van der Waals surface area (Å²) < 4.78 is 5.39. The maximum Gasteiger partial charge on any atom is 0.120 e. The molecule has 1 aromatic heterocycles. The molecule has 2 atom stereocenters. The van der Waals surface area contributed by atoms with Gasteiger partial charge in [-0.05, 0) is 45.5 Å². The summed E-state index contributed by atoms with van der Waals surface area (Å²) in [7, 11) is 2.19. The first-order valence-corrected chi connectivity index (χ1v) is 5.73. The van der Waals surface area contributed by atoms with Crippen molar-refractivity contribution in [3.05, 3.63) is 24.2 Å². The highest BCUT2D eigenvalue weighted by Crippen LogP contribution is 2.16. The van der Waals surface area contributed by atoms with Gasteiger partial charge in [-0.2, -0.15) is 0 Å². The molecule has 0 spiro atoms. The van der Waals surface area contributed by atoms with Crippen molar-refractivity contribution >= 4 is 0 Å². The lowest BCUT2D eigenvalue weighted by molar-refractivity contribution is 0.214. The zero-order chi connectivity index (χ0) is 10.7. The molecule has 1 fully saturated rings. The topological polar surface area (TPSA) is 28.4 Å². The highest BCUT2D eigenvalue weighted by atomic mass is 16.3. The van der Waals surface area contributed by atoms with E-state index >= 15 is 0 Å². The number of nitrogens with one attached hydrogen (secondary N) is 1. The van der Waals surface area contributed by atoms with Gasteiger partial charge in [0.05, 0.1) is 12.3 Å². The number of furan rings is 1. The Bertz CT molecular complexity index is 284. The van der Waals surface area contributed by atoms with Crippen LogP contribution in [0.4, 0.5) is 0 Å². The van der Waals surface area contributed by atoms with Gasteiger partial charge in [0.1, 0.15) is 5.76 Å². The Morgan fingerprint density at radius 1 is 1.60 bits per heavy atom. The zero-order valence-electron chi connectivity index (χ0n) is 9.57. The highest BCUT2D eigenvalue weighted by Gasteiger charge is 2.19. The van der Waals surface area contributed by atoms with E-state index in [0.717, 1.165) is 12.3 Å². The molecule has 3 nitrogen and oxygen atoms in total. The van der Waals surface area contributed by atoms with E-state index in [2.05, 4.69) is 24.2 Å². The van der Waals surface area contributed by atoms with Crippen molar-refractivity contribution in [2.45, 2.75) is 31.8 Å². The van der Waals surface area contributed by atoms with Gasteiger partial charge in [-0.1, -0.05) is 0 Å².